The van der Waals surface area contributed by atoms with E-state index >= 15 is 0 Å². The fourth-order valence-electron chi connectivity index (χ4n) is 3.22. The molecule has 25 heavy (non-hydrogen) atoms. The molecule has 3 rings (SSSR count). The van der Waals surface area contributed by atoms with E-state index < -0.39 is 18.0 Å². The van der Waals surface area contributed by atoms with Gasteiger partial charge in [0.15, 0.2) is 0 Å². The Labute approximate surface area is 145 Å². The van der Waals surface area contributed by atoms with Crippen molar-refractivity contribution in [1.82, 2.24) is 10.6 Å². The van der Waals surface area contributed by atoms with Gasteiger partial charge in [-0.1, -0.05) is 30.3 Å². The molecule has 0 saturated heterocycles. The number of nitrogens with one attached hydrogen (secondary N) is 2. The molecule has 1 aliphatic carbocycles. The largest absolute Gasteiger partial charge is 0.496 e. The van der Waals surface area contributed by atoms with Gasteiger partial charge in [-0.05, 0) is 36.1 Å². The van der Waals surface area contributed by atoms with Gasteiger partial charge in [-0.3, -0.25) is 0 Å². The fraction of sp³-hybridized carbons (Fsp3) is 0.316. The average Bonchev–Trinajstić information content (AvgIpc) is 3.03. The first-order chi connectivity index (χ1) is 12.1. The molecule has 132 valence electrons. The van der Waals surface area contributed by atoms with Crippen molar-refractivity contribution in [1.29, 1.82) is 0 Å². The van der Waals surface area contributed by atoms with Gasteiger partial charge in [0.05, 0.1) is 19.3 Å². The summed E-state index contributed by atoms with van der Waals surface area (Å²) >= 11 is 0. The minimum absolute atomic E-state index is 0.0650. The first-order valence-electron chi connectivity index (χ1n) is 8.22. The third-order valence-electron chi connectivity index (χ3n) is 4.47. The molecule has 0 saturated carbocycles. The molecule has 0 bridgehead atoms. The number of methoxy groups -OCH3 is 1. The predicted molar refractivity (Wildman–Crippen MR) is 92.0 cm³/mol. The van der Waals surface area contributed by atoms with Crippen LogP contribution in [0.2, 0.25) is 0 Å². The molecule has 0 aliphatic heterocycles. The topological polar surface area (TPSA) is 70.6 Å². The summed E-state index contributed by atoms with van der Waals surface area (Å²) < 4.78 is 19.0. The van der Waals surface area contributed by atoms with Crippen molar-refractivity contribution in [3.05, 3.63) is 65.0 Å². The smallest absolute Gasteiger partial charge is 0.315 e. The molecule has 1 aliphatic rings. The van der Waals surface area contributed by atoms with E-state index in [0.29, 0.717) is 0 Å². The number of halogens is 1. The van der Waals surface area contributed by atoms with Crippen LogP contribution in [-0.4, -0.2) is 24.8 Å². The molecule has 3 N–H and O–H groups in total. The van der Waals surface area contributed by atoms with E-state index in [1.807, 2.05) is 18.2 Å². The number of hydrogen-bond donors (Lipinski definition) is 3. The van der Waals surface area contributed by atoms with Gasteiger partial charge in [0.2, 0.25) is 0 Å². The van der Waals surface area contributed by atoms with Crippen LogP contribution in [0.4, 0.5) is 9.18 Å². The molecule has 5 nitrogen and oxygen atoms in total. The summed E-state index contributed by atoms with van der Waals surface area (Å²) in [6, 6.07) is 11.3. The molecule has 2 amide bonds. The maximum atomic E-state index is 13.6. The summed E-state index contributed by atoms with van der Waals surface area (Å²) in [5.74, 6) is 0.339. The van der Waals surface area contributed by atoms with Gasteiger partial charge in [-0.15, -0.1) is 0 Å². The Morgan fingerprint density at radius 2 is 2.12 bits per heavy atom. The number of urea groups is 1. The van der Waals surface area contributed by atoms with Gasteiger partial charge >= 0.3 is 6.03 Å². The number of aliphatic hydroxyl groups excluding tert-OH is 1. The molecule has 6 heteroatoms. The van der Waals surface area contributed by atoms with Crippen molar-refractivity contribution >= 4 is 6.03 Å². The number of ether oxygens (including phenoxy) is 1. The number of rotatable bonds is 5. The van der Waals surface area contributed by atoms with Crippen molar-refractivity contribution in [2.45, 2.75) is 25.0 Å². The summed E-state index contributed by atoms with van der Waals surface area (Å²) in [5, 5.41) is 15.5. The van der Waals surface area contributed by atoms with Crippen LogP contribution in [0.5, 0.6) is 5.75 Å². The van der Waals surface area contributed by atoms with E-state index in [1.165, 1.54) is 12.1 Å². The minimum Gasteiger partial charge on any atom is -0.496 e. The molecule has 0 spiro atoms. The zero-order valence-electron chi connectivity index (χ0n) is 14.0. The van der Waals surface area contributed by atoms with E-state index in [9.17, 15) is 14.3 Å². The van der Waals surface area contributed by atoms with E-state index in [-0.39, 0.29) is 18.2 Å². The quantitative estimate of drug-likeness (QED) is 0.781. The third-order valence-corrected chi connectivity index (χ3v) is 4.47. The number of benzene rings is 2. The summed E-state index contributed by atoms with van der Waals surface area (Å²) in [7, 11) is 1.63. The van der Waals surface area contributed by atoms with Crippen LogP contribution in [0.3, 0.4) is 0 Å². The minimum atomic E-state index is -1.09. The van der Waals surface area contributed by atoms with Gasteiger partial charge in [-0.25, -0.2) is 9.18 Å². The van der Waals surface area contributed by atoms with Crippen LogP contribution in [0, 0.1) is 5.82 Å². The fourth-order valence-corrected chi connectivity index (χ4v) is 3.22. The normalized spacial score (nSPS) is 16.8. The van der Waals surface area contributed by atoms with Gasteiger partial charge < -0.3 is 20.5 Å². The van der Waals surface area contributed by atoms with E-state index in [4.69, 9.17) is 4.74 Å². The van der Waals surface area contributed by atoms with Gasteiger partial charge in [-0.2, -0.15) is 0 Å². The lowest BCUT2D eigenvalue weighted by Crippen LogP contribution is -2.39. The Balaban J connectivity index is 1.57. The standard InChI is InChI=1S/C19H21FN2O3/c1-25-18-8-4-6-12-13(18)9-10-16(12)22-19(24)21-11-17(23)14-5-2-3-7-15(14)20/h2-8,16-17,23H,9-11H2,1H3,(H2,21,22,24)/t16-,17+/m1/s1. The summed E-state index contributed by atoms with van der Waals surface area (Å²) in [5.41, 5.74) is 2.32. The third kappa shape index (κ3) is 3.74. The molecule has 2 aromatic rings. The van der Waals surface area contributed by atoms with Gasteiger partial charge in [0, 0.05) is 12.1 Å². The van der Waals surface area contributed by atoms with E-state index in [0.717, 1.165) is 29.7 Å². The van der Waals surface area contributed by atoms with Gasteiger partial charge in [0.1, 0.15) is 11.6 Å². The first-order valence-corrected chi connectivity index (χ1v) is 8.22. The highest BCUT2D eigenvalue weighted by molar-refractivity contribution is 5.74. The van der Waals surface area contributed by atoms with Crippen LogP contribution in [0.25, 0.3) is 0 Å². The molecule has 2 atom stereocenters. The predicted octanol–water partition coefficient (Wildman–Crippen LogP) is 2.85. The van der Waals surface area contributed by atoms with Gasteiger partial charge in [0.25, 0.3) is 0 Å². The lowest BCUT2D eigenvalue weighted by Gasteiger charge is -2.17. The number of aliphatic hydroxyl groups is 1. The molecule has 0 fully saturated rings. The Morgan fingerprint density at radius 1 is 1.32 bits per heavy atom. The molecule has 0 aromatic heterocycles. The van der Waals surface area contributed by atoms with Crippen LogP contribution >= 0.6 is 0 Å². The number of amides is 2. The zero-order valence-corrected chi connectivity index (χ0v) is 14.0. The summed E-state index contributed by atoms with van der Waals surface area (Å²) in [4.78, 5) is 12.1. The van der Waals surface area contributed by atoms with Crippen LogP contribution in [0.1, 0.15) is 35.3 Å². The highest BCUT2D eigenvalue weighted by Gasteiger charge is 2.26. The molecule has 0 radical (unpaired) electrons. The van der Waals surface area contributed by atoms with Crippen molar-refractivity contribution in [2.24, 2.45) is 0 Å². The Morgan fingerprint density at radius 3 is 2.88 bits per heavy atom. The van der Waals surface area contributed by atoms with Crippen molar-refractivity contribution in [3.63, 3.8) is 0 Å². The molecule has 2 aromatic carbocycles. The number of carbonyl (C=O) groups excluding carboxylic acids is 1. The molecular formula is C19H21FN2O3. The highest BCUT2D eigenvalue weighted by atomic mass is 19.1. The SMILES string of the molecule is COc1cccc2c1CC[C@H]2NC(=O)NC[C@H](O)c1ccccc1F. The summed E-state index contributed by atoms with van der Waals surface area (Å²) in [6.07, 6.45) is 0.532. The maximum Gasteiger partial charge on any atom is 0.315 e. The number of fused-ring (bicyclic) bond motifs is 1. The second kappa shape index (κ2) is 7.53. The Hall–Kier alpha value is -2.60. The van der Waals surface area contributed by atoms with Crippen LogP contribution in [-0.2, 0) is 6.42 Å². The van der Waals surface area contributed by atoms with Crippen molar-refractivity contribution < 1.29 is 19.0 Å². The lowest BCUT2D eigenvalue weighted by molar-refractivity contribution is 0.168. The Kier molecular flexibility index (Phi) is 5.19. The molecule has 0 unspecified atom stereocenters. The number of carbonyl (C=O) groups is 1. The van der Waals surface area contributed by atoms with Crippen molar-refractivity contribution in [3.8, 4) is 5.75 Å². The van der Waals surface area contributed by atoms with Crippen molar-refractivity contribution in [2.75, 3.05) is 13.7 Å². The second-order valence-electron chi connectivity index (χ2n) is 6.01. The Bertz CT molecular complexity index is 766. The van der Waals surface area contributed by atoms with E-state index in [1.54, 1.807) is 19.2 Å². The maximum absolute atomic E-state index is 13.6. The van der Waals surface area contributed by atoms with Crippen LogP contribution < -0.4 is 15.4 Å². The summed E-state index contributed by atoms with van der Waals surface area (Å²) in [6.45, 7) is -0.0650. The first kappa shape index (κ1) is 17.2. The molecular weight excluding hydrogens is 323 g/mol. The molecule has 0 heterocycles. The highest BCUT2D eigenvalue weighted by Crippen LogP contribution is 2.36. The zero-order chi connectivity index (χ0) is 17.8. The monoisotopic (exact) mass is 344 g/mol. The average molecular weight is 344 g/mol. The lowest BCUT2D eigenvalue weighted by atomic mass is 10.1. The van der Waals surface area contributed by atoms with Crippen LogP contribution in [0.15, 0.2) is 42.5 Å². The van der Waals surface area contributed by atoms with E-state index in [2.05, 4.69) is 10.6 Å². The number of hydrogen-bond acceptors (Lipinski definition) is 3. The second-order valence-corrected chi connectivity index (χ2v) is 6.01.